The molecule has 0 unspecified atom stereocenters. The third kappa shape index (κ3) is 3.89. The lowest BCUT2D eigenvalue weighted by Crippen LogP contribution is -2.05. The molecule has 1 heterocycles. The molecule has 0 saturated carbocycles. The number of hydrogen-bond donors (Lipinski definition) is 3. The summed E-state index contributed by atoms with van der Waals surface area (Å²) in [6, 6.07) is 12.4. The van der Waals surface area contributed by atoms with Crippen LogP contribution >= 0.6 is 0 Å². The number of benzene rings is 2. The normalized spacial score (nSPS) is 10.7. The van der Waals surface area contributed by atoms with Crippen molar-refractivity contribution in [3.8, 4) is 11.5 Å². The van der Waals surface area contributed by atoms with Gasteiger partial charge in [-0.25, -0.2) is 18.4 Å². The second kappa shape index (κ2) is 7.22. The van der Waals surface area contributed by atoms with Crippen molar-refractivity contribution in [1.82, 2.24) is 9.97 Å². The van der Waals surface area contributed by atoms with Crippen LogP contribution in [0.2, 0.25) is 0 Å². The lowest BCUT2D eigenvalue weighted by atomic mass is 10.2. The summed E-state index contributed by atoms with van der Waals surface area (Å²) in [7, 11) is 0.207. The summed E-state index contributed by atoms with van der Waals surface area (Å²) in [4.78, 5) is 8.76. The molecular weight excluding hydrogens is 344 g/mol. The average molecular weight is 360 g/mol. The van der Waals surface area contributed by atoms with E-state index in [0.29, 0.717) is 28.2 Å². The van der Waals surface area contributed by atoms with Crippen molar-refractivity contribution in [1.29, 1.82) is 0 Å². The van der Waals surface area contributed by atoms with Gasteiger partial charge >= 0.3 is 0 Å². The number of aromatic nitrogens is 2. The molecule has 0 aliphatic rings. The van der Waals surface area contributed by atoms with Gasteiger partial charge in [0.2, 0.25) is 10.9 Å². The minimum Gasteiger partial charge on any atom is -0.497 e. The molecule has 3 aromatic rings. The summed E-state index contributed by atoms with van der Waals surface area (Å²) in [6.07, 6.45) is 0. The first-order chi connectivity index (χ1) is 12.1. The van der Waals surface area contributed by atoms with Crippen molar-refractivity contribution in [3.05, 3.63) is 42.5 Å². The highest BCUT2D eigenvalue weighted by molar-refractivity contribution is 7.73. The summed E-state index contributed by atoms with van der Waals surface area (Å²) in [5.74, 6) is 1.55. The first-order valence-corrected chi connectivity index (χ1v) is 8.44. The Kier molecular flexibility index (Phi) is 4.85. The van der Waals surface area contributed by atoms with Gasteiger partial charge < -0.3 is 14.8 Å². The molecule has 0 aliphatic carbocycles. The maximum Gasteiger partial charge on any atom is 0.223 e. The van der Waals surface area contributed by atoms with Crippen LogP contribution in [0.25, 0.3) is 11.0 Å². The molecule has 3 rings (SSSR count). The fourth-order valence-corrected chi connectivity index (χ4v) is 2.60. The molecule has 1 aromatic heterocycles. The summed E-state index contributed by atoms with van der Waals surface area (Å²) >= 11 is 0. The van der Waals surface area contributed by atoms with E-state index >= 15 is 0 Å². The highest BCUT2D eigenvalue weighted by atomic mass is 32.2. The number of para-hydroxylation sites is 2. The molecule has 0 fully saturated rings. The zero-order chi connectivity index (χ0) is 17.8. The fraction of sp³-hybridized carbons (Fsp3) is 0.125. The summed E-state index contributed by atoms with van der Waals surface area (Å²) in [5.41, 5.74) is 1.83. The molecule has 9 heteroatoms. The molecular formula is C16H16N4O4S. The van der Waals surface area contributed by atoms with E-state index in [4.69, 9.17) is 9.47 Å². The molecule has 0 amide bonds. The highest BCUT2D eigenvalue weighted by Crippen LogP contribution is 2.30. The number of methoxy groups -OCH3 is 2. The predicted molar refractivity (Wildman–Crippen MR) is 96.3 cm³/mol. The molecule has 0 atom stereocenters. The third-order valence-electron chi connectivity index (χ3n) is 3.38. The quantitative estimate of drug-likeness (QED) is 0.580. The van der Waals surface area contributed by atoms with Gasteiger partial charge in [0.1, 0.15) is 11.5 Å². The van der Waals surface area contributed by atoms with Crippen LogP contribution in [-0.4, -0.2) is 32.6 Å². The van der Waals surface area contributed by atoms with Crippen LogP contribution in [0.15, 0.2) is 42.5 Å². The van der Waals surface area contributed by atoms with Crippen LogP contribution < -0.4 is 19.5 Å². The van der Waals surface area contributed by atoms with Gasteiger partial charge in [0.25, 0.3) is 0 Å². The third-order valence-corrected chi connectivity index (χ3v) is 3.78. The van der Waals surface area contributed by atoms with E-state index in [9.17, 15) is 8.42 Å². The number of anilines is 3. The number of nitrogens with one attached hydrogen (secondary N) is 2. The predicted octanol–water partition coefficient (Wildman–Crippen LogP) is 2.33. The molecule has 0 radical (unpaired) electrons. The summed E-state index contributed by atoms with van der Waals surface area (Å²) in [6.45, 7) is 0. The van der Waals surface area contributed by atoms with Gasteiger partial charge in [-0.3, -0.25) is 4.72 Å². The van der Waals surface area contributed by atoms with Gasteiger partial charge in [0.05, 0.1) is 25.3 Å². The van der Waals surface area contributed by atoms with E-state index in [1.165, 1.54) is 0 Å². The zero-order valence-electron chi connectivity index (χ0n) is 13.5. The van der Waals surface area contributed by atoms with Gasteiger partial charge in [-0.2, -0.15) is 0 Å². The Morgan fingerprint density at radius 2 is 1.44 bits per heavy atom. The fourth-order valence-electron chi connectivity index (χ4n) is 2.27. The van der Waals surface area contributed by atoms with Crippen LogP contribution in [0, 0.1) is 0 Å². The van der Waals surface area contributed by atoms with Crippen LogP contribution in [-0.2, 0) is 10.9 Å². The minimum absolute atomic E-state index is 0.108. The number of nitrogens with zero attached hydrogens (tertiary/aromatic N) is 2. The Balaban J connectivity index is 2.07. The Morgan fingerprint density at radius 3 is 1.96 bits per heavy atom. The average Bonchev–Trinajstić information content (AvgIpc) is 2.61. The van der Waals surface area contributed by atoms with Crippen molar-refractivity contribution in [2.24, 2.45) is 0 Å². The lowest BCUT2D eigenvalue weighted by Gasteiger charge is -2.13. The van der Waals surface area contributed by atoms with Crippen molar-refractivity contribution >= 4 is 39.2 Å². The van der Waals surface area contributed by atoms with Crippen LogP contribution in [0.4, 0.5) is 17.3 Å². The summed E-state index contributed by atoms with van der Waals surface area (Å²) in [5, 5.41) is 3.06. The van der Waals surface area contributed by atoms with E-state index in [0.717, 1.165) is 0 Å². The molecule has 0 aliphatic heterocycles. The Labute approximate surface area is 145 Å². The summed E-state index contributed by atoms with van der Waals surface area (Å²) < 4.78 is 35.0. The van der Waals surface area contributed by atoms with Gasteiger partial charge in [-0.05, 0) is 12.1 Å². The van der Waals surface area contributed by atoms with Crippen LogP contribution in [0.5, 0.6) is 11.5 Å². The van der Waals surface area contributed by atoms with Crippen molar-refractivity contribution in [2.75, 3.05) is 24.3 Å². The maximum absolute atomic E-state index is 11.1. The number of ether oxygens (including phenoxy) is 2. The largest absolute Gasteiger partial charge is 0.497 e. The van der Waals surface area contributed by atoms with Crippen molar-refractivity contribution in [2.45, 2.75) is 0 Å². The van der Waals surface area contributed by atoms with Gasteiger partial charge in [-0.1, -0.05) is 12.1 Å². The SMILES string of the molecule is COc1cc(Nc2nc3ccccc3nc2N[SH](=O)=O)cc(OC)c1. The Bertz CT molecular complexity index is 961. The van der Waals surface area contributed by atoms with E-state index in [2.05, 4.69) is 20.0 Å². The van der Waals surface area contributed by atoms with Crippen molar-refractivity contribution < 1.29 is 17.9 Å². The van der Waals surface area contributed by atoms with Gasteiger partial charge in [-0.15, -0.1) is 0 Å². The number of fused-ring (bicyclic) bond motifs is 1. The second-order valence-corrected chi connectivity index (χ2v) is 5.74. The second-order valence-electron chi connectivity index (χ2n) is 5.00. The van der Waals surface area contributed by atoms with Crippen LogP contribution in [0.3, 0.4) is 0 Å². The lowest BCUT2D eigenvalue weighted by molar-refractivity contribution is 0.395. The standard InChI is InChI=1S/C16H16N4O4S/c1-23-11-7-10(8-12(9-11)24-2)17-15-16(20-25(21)22)19-14-6-4-3-5-13(14)18-15/h3-9,25H,1-2H3,(H,17,18)(H,19,20,21,22). The molecule has 0 spiro atoms. The van der Waals surface area contributed by atoms with E-state index in [1.54, 1.807) is 50.6 Å². The number of thiol groups is 1. The first-order valence-electron chi connectivity index (χ1n) is 7.27. The molecule has 0 bridgehead atoms. The van der Waals surface area contributed by atoms with Gasteiger partial charge in [0.15, 0.2) is 11.6 Å². The van der Waals surface area contributed by atoms with Crippen LogP contribution in [0.1, 0.15) is 0 Å². The molecule has 2 N–H and O–H groups in total. The molecule has 130 valence electrons. The van der Waals surface area contributed by atoms with E-state index < -0.39 is 10.9 Å². The topological polar surface area (TPSA) is 102 Å². The molecule has 2 aromatic carbocycles. The van der Waals surface area contributed by atoms with E-state index in [1.807, 2.05) is 6.07 Å². The molecule has 8 nitrogen and oxygen atoms in total. The molecule has 25 heavy (non-hydrogen) atoms. The monoisotopic (exact) mass is 360 g/mol. The van der Waals surface area contributed by atoms with Crippen molar-refractivity contribution in [3.63, 3.8) is 0 Å². The zero-order valence-corrected chi connectivity index (χ0v) is 14.4. The smallest absolute Gasteiger partial charge is 0.223 e. The molecule has 0 saturated heterocycles. The number of hydrogen-bond acceptors (Lipinski definition) is 7. The Hall–Kier alpha value is -3.07. The van der Waals surface area contributed by atoms with Gasteiger partial charge in [0, 0.05) is 23.9 Å². The minimum atomic E-state index is -2.88. The van der Waals surface area contributed by atoms with E-state index in [-0.39, 0.29) is 11.6 Å². The highest BCUT2D eigenvalue weighted by Gasteiger charge is 2.11. The Morgan fingerprint density at radius 1 is 0.880 bits per heavy atom. The number of rotatable bonds is 6. The maximum atomic E-state index is 11.1. The first kappa shape index (κ1) is 16.8.